The Hall–Kier alpha value is -3.40. The molecule has 0 fully saturated rings. The molecule has 4 aromatic rings. The lowest BCUT2D eigenvalue weighted by Gasteiger charge is -2.11. The zero-order valence-corrected chi connectivity index (χ0v) is 21.6. The maximum absolute atomic E-state index is 6.14. The third-order valence-electron chi connectivity index (χ3n) is 5.01. The highest BCUT2D eigenvalue weighted by atomic mass is 127. The van der Waals surface area contributed by atoms with Crippen molar-refractivity contribution in [3.05, 3.63) is 96.6 Å². The molecule has 1 heterocycles. The van der Waals surface area contributed by atoms with E-state index >= 15 is 0 Å². The highest BCUT2D eigenvalue weighted by Gasteiger charge is 2.06. The number of aromatic nitrogens is 3. The molecule has 0 aliphatic rings. The minimum atomic E-state index is 0. The minimum absolute atomic E-state index is 0. The van der Waals surface area contributed by atoms with Gasteiger partial charge in [-0.05, 0) is 60.4 Å². The molecule has 0 unspecified atom stereocenters. The minimum Gasteiger partial charge on any atom is -0.491 e. The summed E-state index contributed by atoms with van der Waals surface area (Å²) in [7, 11) is 0. The molecule has 4 rings (SSSR count). The van der Waals surface area contributed by atoms with Crippen molar-refractivity contribution in [1.29, 1.82) is 0 Å². The van der Waals surface area contributed by atoms with Gasteiger partial charge in [-0.15, -0.1) is 24.0 Å². The smallest absolute Gasteiger partial charge is 0.193 e. The number of nitrogens with two attached hydrogens (primary N) is 1. The van der Waals surface area contributed by atoms with Crippen molar-refractivity contribution in [2.75, 3.05) is 5.32 Å². The largest absolute Gasteiger partial charge is 0.491 e. The van der Waals surface area contributed by atoms with Crippen molar-refractivity contribution in [2.24, 2.45) is 10.7 Å². The van der Waals surface area contributed by atoms with Crippen LogP contribution in [0.15, 0.2) is 90.4 Å². The van der Waals surface area contributed by atoms with Gasteiger partial charge in [-0.25, -0.2) is 14.7 Å². The van der Waals surface area contributed by atoms with Gasteiger partial charge in [-0.3, -0.25) is 0 Å². The lowest BCUT2D eigenvalue weighted by atomic mass is 9.98. The SMILES string of the molecule is CC(C)Oc1ccc(NC(N)=NCc2ccccc2-c2ccc(Cn3cncn3)cc2)cc1.I. The Morgan fingerprint density at radius 3 is 2.44 bits per heavy atom. The third kappa shape index (κ3) is 7.05. The number of nitrogens with one attached hydrogen (secondary N) is 1. The van der Waals surface area contributed by atoms with Crippen LogP contribution in [0.1, 0.15) is 25.0 Å². The number of anilines is 1. The van der Waals surface area contributed by atoms with E-state index in [1.165, 1.54) is 0 Å². The van der Waals surface area contributed by atoms with Crippen LogP contribution in [0.25, 0.3) is 11.1 Å². The molecule has 176 valence electrons. The van der Waals surface area contributed by atoms with Gasteiger partial charge in [0.2, 0.25) is 0 Å². The maximum atomic E-state index is 6.14. The second-order valence-electron chi connectivity index (χ2n) is 7.96. The Morgan fingerprint density at radius 2 is 1.76 bits per heavy atom. The predicted octanol–water partition coefficient (Wildman–Crippen LogP) is 5.33. The summed E-state index contributed by atoms with van der Waals surface area (Å²) >= 11 is 0. The average Bonchev–Trinajstić information content (AvgIpc) is 3.33. The van der Waals surface area contributed by atoms with Crippen LogP contribution >= 0.6 is 24.0 Å². The summed E-state index contributed by atoms with van der Waals surface area (Å²) in [6.45, 7) is 5.17. The number of hydrogen-bond donors (Lipinski definition) is 2. The molecule has 8 heteroatoms. The molecule has 7 nitrogen and oxygen atoms in total. The summed E-state index contributed by atoms with van der Waals surface area (Å²) in [6, 6.07) is 24.4. The van der Waals surface area contributed by atoms with Gasteiger partial charge in [0, 0.05) is 5.69 Å². The number of hydrogen-bond acceptors (Lipinski definition) is 4. The van der Waals surface area contributed by atoms with Crippen LogP contribution in [0.3, 0.4) is 0 Å². The number of nitrogens with zero attached hydrogens (tertiary/aromatic N) is 4. The molecule has 0 aliphatic carbocycles. The normalized spacial score (nSPS) is 11.2. The Balaban J connectivity index is 0.00000324. The van der Waals surface area contributed by atoms with E-state index in [1.54, 1.807) is 17.3 Å². The zero-order chi connectivity index (χ0) is 23.0. The Morgan fingerprint density at radius 1 is 1.03 bits per heavy atom. The lowest BCUT2D eigenvalue weighted by molar-refractivity contribution is 0.242. The molecule has 3 N–H and O–H groups in total. The molecule has 0 spiro atoms. The summed E-state index contributed by atoms with van der Waals surface area (Å²) in [5.41, 5.74) is 11.5. The highest BCUT2D eigenvalue weighted by molar-refractivity contribution is 14.0. The quantitative estimate of drug-likeness (QED) is 0.171. The van der Waals surface area contributed by atoms with Gasteiger partial charge >= 0.3 is 0 Å². The summed E-state index contributed by atoms with van der Waals surface area (Å²) < 4.78 is 7.48. The lowest BCUT2D eigenvalue weighted by Crippen LogP contribution is -2.22. The molecule has 0 atom stereocenters. The van der Waals surface area contributed by atoms with Crippen LogP contribution in [0, 0.1) is 0 Å². The monoisotopic (exact) mass is 568 g/mol. The van der Waals surface area contributed by atoms with E-state index in [9.17, 15) is 0 Å². The van der Waals surface area contributed by atoms with Crippen molar-refractivity contribution in [2.45, 2.75) is 33.0 Å². The molecule has 0 radical (unpaired) electrons. The molecular weight excluding hydrogens is 539 g/mol. The number of halogens is 1. The molecule has 0 saturated carbocycles. The molecular formula is C26H29IN6O. The molecule has 0 amide bonds. The maximum Gasteiger partial charge on any atom is 0.193 e. The number of aliphatic imine (C=N–C) groups is 1. The van der Waals surface area contributed by atoms with E-state index in [0.29, 0.717) is 19.0 Å². The first-order valence-electron chi connectivity index (χ1n) is 10.9. The van der Waals surface area contributed by atoms with Crippen molar-refractivity contribution in [1.82, 2.24) is 14.8 Å². The van der Waals surface area contributed by atoms with Crippen LogP contribution < -0.4 is 15.8 Å². The average molecular weight is 568 g/mol. The topological polar surface area (TPSA) is 90.3 Å². The van der Waals surface area contributed by atoms with Crippen LogP contribution in [0.2, 0.25) is 0 Å². The first kappa shape index (κ1) is 25.2. The number of ether oxygens (including phenoxy) is 1. The van der Waals surface area contributed by atoms with E-state index in [2.05, 4.69) is 56.8 Å². The first-order chi connectivity index (χ1) is 16.1. The van der Waals surface area contributed by atoms with E-state index < -0.39 is 0 Å². The Bertz CT molecular complexity index is 1190. The van der Waals surface area contributed by atoms with Gasteiger partial charge in [-0.1, -0.05) is 48.5 Å². The molecule has 1 aromatic heterocycles. The van der Waals surface area contributed by atoms with Crippen molar-refractivity contribution < 1.29 is 4.74 Å². The zero-order valence-electron chi connectivity index (χ0n) is 19.3. The van der Waals surface area contributed by atoms with Gasteiger partial charge in [0.25, 0.3) is 0 Å². The van der Waals surface area contributed by atoms with E-state index in [0.717, 1.165) is 33.7 Å². The summed E-state index contributed by atoms with van der Waals surface area (Å²) in [4.78, 5) is 8.54. The summed E-state index contributed by atoms with van der Waals surface area (Å²) in [5, 5.41) is 7.30. The van der Waals surface area contributed by atoms with Crippen molar-refractivity contribution in [3.63, 3.8) is 0 Å². The first-order valence-corrected chi connectivity index (χ1v) is 10.9. The Labute approximate surface area is 217 Å². The van der Waals surface area contributed by atoms with Crippen LogP contribution in [-0.2, 0) is 13.1 Å². The number of benzene rings is 3. The molecule has 0 bridgehead atoms. The van der Waals surface area contributed by atoms with Crippen LogP contribution in [0.5, 0.6) is 5.75 Å². The second-order valence-corrected chi connectivity index (χ2v) is 7.96. The third-order valence-corrected chi connectivity index (χ3v) is 5.01. The molecule has 34 heavy (non-hydrogen) atoms. The van der Waals surface area contributed by atoms with Gasteiger partial charge in [0.1, 0.15) is 18.4 Å². The molecule has 0 aliphatic heterocycles. The van der Waals surface area contributed by atoms with Crippen molar-refractivity contribution >= 4 is 35.6 Å². The Kier molecular flexibility index (Phi) is 9.03. The van der Waals surface area contributed by atoms with Gasteiger partial charge in [-0.2, -0.15) is 5.10 Å². The summed E-state index contributed by atoms with van der Waals surface area (Å²) in [6.07, 6.45) is 3.40. The molecule has 3 aromatic carbocycles. The molecule has 0 saturated heterocycles. The fourth-order valence-corrected chi connectivity index (χ4v) is 3.48. The number of rotatable bonds is 8. The highest BCUT2D eigenvalue weighted by Crippen LogP contribution is 2.25. The van der Waals surface area contributed by atoms with Crippen LogP contribution in [0.4, 0.5) is 5.69 Å². The van der Waals surface area contributed by atoms with Crippen molar-refractivity contribution in [3.8, 4) is 16.9 Å². The second kappa shape index (κ2) is 12.2. The number of guanidine groups is 1. The summed E-state index contributed by atoms with van der Waals surface area (Å²) in [5.74, 6) is 1.19. The van der Waals surface area contributed by atoms with Gasteiger partial charge in [0.15, 0.2) is 5.96 Å². The fourth-order valence-electron chi connectivity index (χ4n) is 3.48. The van der Waals surface area contributed by atoms with E-state index in [-0.39, 0.29) is 30.1 Å². The van der Waals surface area contributed by atoms with Gasteiger partial charge in [0.05, 0.1) is 19.2 Å². The van der Waals surface area contributed by atoms with Gasteiger partial charge < -0.3 is 15.8 Å². The predicted molar refractivity (Wildman–Crippen MR) is 148 cm³/mol. The standard InChI is InChI=1S/C26H28N6O.HI/c1-19(2)33-24-13-11-23(12-14-24)31-26(27)29-15-22-5-3-4-6-25(22)21-9-7-20(8-10-21)16-32-18-28-17-30-32;/h3-14,17-19H,15-16H2,1-2H3,(H3,27,29,31);1H. The van der Waals surface area contributed by atoms with Crippen LogP contribution in [-0.4, -0.2) is 26.8 Å². The van der Waals surface area contributed by atoms with E-state index in [4.69, 9.17) is 10.5 Å². The fraction of sp³-hybridized carbons (Fsp3) is 0.192. The van der Waals surface area contributed by atoms with E-state index in [1.807, 2.05) is 50.2 Å².